The number of nitrogens with one attached hydrogen (secondary N) is 2. The molecule has 5 nitrogen and oxygen atoms in total. The Balaban J connectivity index is 1.66. The van der Waals surface area contributed by atoms with Crippen LogP contribution in [0.25, 0.3) is 0 Å². The summed E-state index contributed by atoms with van der Waals surface area (Å²) in [5, 5.41) is 6.16. The van der Waals surface area contributed by atoms with Crippen molar-refractivity contribution < 1.29 is 4.79 Å². The highest BCUT2D eigenvalue weighted by Gasteiger charge is 2.13. The summed E-state index contributed by atoms with van der Waals surface area (Å²) < 4.78 is 0. The van der Waals surface area contributed by atoms with Crippen LogP contribution in [0.15, 0.2) is 60.9 Å². The van der Waals surface area contributed by atoms with Crippen molar-refractivity contribution in [2.45, 2.75) is 26.8 Å². The van der Waals surface area contributed by atoms with Crippen LogP contribution in [0, 0.1) is 13.8 Å². The molecule has 1 atom stereocenters. The lowest BCUT2D eigenvalue weighted by atomic mass is 10.1. The maximum Gasteiger partial charge on any atom is 0.271 e. The van der Waals surface area contributed by atoms with Crippen LogP contribution in [0.4, 0.5) is 11.5 Å². The molecule has 0 radical (unpaired) electrons. The van der Waals surface area contributed by atoms with Crippen molar-refractivity contribution in [2.24, 2.45) is 0 Å². The topological polar surface area (TPSA) is 66.9 Å². The van der Waals surface area contributed by atoms with Crippen LogP contribution in [0.3, 0.4) is 0 Å². The van der Waals surface area contributed by atoms with E-state index in [-0.39, 0.29) is 11.9 Å². The highest BCUT2D eigenvalue weighted by Crippen LogP contribution is 2.20. The van der Waals surface area contributed by atoms with Crippen LogP contribution in [-0.4, -0.2) is 15.9 Å². The summed E-state index contributed by atoms with van der Waals surface area (Å²) in [5.41, 5.74) is 4.64. The van der Waals surface area contributed by atoms with Crippen molar-refractivity contribution in [3.63, 3.8) is 0 Å². The second kappa shape index (κ2) is 7.78. The van der Waals surface area contributed by atoms with Crippen molar-refractivity contribution in [1.29, 1.82) is 0 Å². The lowest BCUT2D eigenvalue weighted by Gasteiger charge is -2.14. The molecule has 1 heterocycles. The van der Waals surface area contributed by atoms with Gasteiger partial charge in [-0.1, -0.05) is 48.0 Å². The van der Waals surface area contributed by atoms with Gasteiger partial charge in [-0.15, -0.1) is 0 Å². The van der Waals surface area contributed by atoms with Crippen molar-refractivity contribution in [3.05, 3.63) is 83.3 Å². The SMILES string of the molecule is Cc1ccc(Nc2cnc(C(=O)NC(C)c3ccccc3)cn2)c(C)c1. The average molecular weight is 346 g/mol. The fraction of sp³-hybridized carbons (Fsp3) is 0.190. The molecular weight excluding hydrogens is 324 g/mol. The van der Waals surface area contributed by atoms with Gasteiger partial charge in [0, 0.05) is 5.69 Å². The Morgan fingerprint density at radius 2 is 1.77 bits per heavy atom. The summed E-state index contributed by atoms with van der Waals surface area (Å²) in [7, 11) is 0. The van der Waals surface area contributed by atoms with Crippen molar-refractivity contribution in [1.82, 2.24) is 15.3 Å². The monoisotopic (exact) mass is 346 g/mol. The summed E-state index contributed by atoms with van der Waals surface area (Å²) in [5.74, 6) is 0.358. The molecule has 0 aliphatic heterocycles. The Morgan fingerprint density at radius 1 is 1.00 bits per heavy atom. The van der Waals surface area contributed by atoms with Crippen LogP contribution >= 0.6 is 0 Å². The molecule has 1 amide bonds. The highest BCUT2D eigenvalue weighted by atomic mass is 16.1. The number of amides is 1. The van der Waals surface area contributed by atoms with Gasteiger partial charge < -0.3 is 10.6 Å². The molecule has 3 rings (SSSR count). The first-order valence-electron chi connectivity index (χ1n) is 8.55. The molecule has 1 unspecified atom stereocenters. The minimum absolute atomic E-state index is 0.0986. The van der Waals surface area contributed by atoms with Crippen LogP contribution in [0.5, 0.6) is 0 Å². The van der Waals surface area contributed by atoms with Gasteiger partial charge in [-0.2, -0.15) is 0 Å². The summed E-state index contributed by atoms with van der Waals surface area (Å²) in [6, 6.07) is 15.9. The Morgan fingerprint density at radius 3 is 2.42 bits per heavy atom. The van der Waals surface area contributed by atoms with E-state index in [4.69, 9.17) is 0 Å². The van der Waals surface area contributed by atoms with E-state index in [0.717, 1.165) is 16.8 Å². The molecule has 0 aliphatic carbocycles. The van der Waals surface area contributed by atoms with Crippen LogP contribution in [0.2, 0.25) is 0 Å². The number of nitrogens with zero attached hydrogens (tertiary/aromatic N) is 2. The standard InChI is InChI=1S/C21H22N4O/c1-14-9-10-18(15(2)11-14)25-20-13-22-19(12-23-20)21(26)24-16(3)17-7-5-4-6-8-17/h4-13,16H,1-3H3,(H,23,25)(H,24,26). The van der Waals surface area contributed by atoms with Gasteiger partial charge >= 0.3 is 0 Å². The predicted octanol–water partition coefficient (Wildman–Crippen LogP) is 4.33. The Labute approximate surface area is 153 Å². The van der Waals surface area contributed by atoms with Crippen LogP contribution in [0.1, 0.15) is 40.1 Å². The molecule has 5 heteroatoms. The van der Waals surface area contributed by atoms with Crippen molar-refractivity contribution in [3.8, 4) is 0 Å². The third kappa shape index (κ3) is 4.25. The molecule has 0 saturated heterocycles. The molecule has 2 aromatic carbocycles. The first-order chi connectivity index (χ1) is 12.5. The third-order valence-corrected chi connectivity index (χ3v) is 4.18. The lowest BCUT2D eigenvalue weighted by Crippen LogP contribution is -2.27. The number of aryl methyl sites for hydroxylation is 2. The summed E-state index contributed by atoms with van der Waals surface area (Å²) >= 11 is 0. The van der Waals surface area contributed by atoms with Gasteiger partial charge in [0.15, 0.2) is 0 Å². The van der Waals surface area contributed by atoms with Crippen molar-refractivity contribution in [2.75, 3.05) is 5.32 Å². The Hall–Kier alpha value is -3.21. The van der Waals surface area contributed by atoms with E-state index >= 15 is 0 Å². The number of aromatic nitrogens is 2. The van der Waals surface area contributed by atoms with Gasteiger partial charge in [0.05, 0.1) is 18.4 Å². The highest BCUT2D eigenvalue weighted by molar-refractivity contribution is 5.92. The quantitative estimate of drug-likeness (QED) is 0.722. The summed E-state index contributed by atoms with van der Waals surface area (Å²) in [6.07, 6.45) is 3.06. The molecule has 2 N–H and O–H groups in total. The molecule has 0 spiro atoms. The zero-order chi connectivity index (χ0) is 18.5. The number of benzene rings is 2. The van der Waals surface area contributed by atoms with E-state index in [0.29, 0.717) is 11.5 Å². The van der Waals surface area contributed by atoms with E-state index in [9.17, 15) is 4.79 Å². The molecule has 3 aromatic rings. The summed E-state index contributed by atoms with van der Waals surface area (Å²) in [4.78, 5) is 20.9. The second-order valence-electron chi connectivity index (χ2n) is 6.34. The maximum absolute atomic E-state index is 12.4. The molecule has 0 saturated carbocycles. The fourth-order valence-corrected chi connectivity index (χ4v) is 2.70. The van der Waals surface area contributed by atoms with Crippen LogP contribution in [-0.2, 0) is 0 Å². The zero-order valence-corrected chi connectivity index (χ0v) is 15.2. The van der Waals surface area contributed by atoms with Gasteiger partial charge in [0.1, 0.15) is 11.5 Å². The number of anilines is 2. The lowest BCUT2D eigenvalue weighted by molar-refractivity contribution is 0.0934. The van der Waals surface area contributed by atoms with Gasteiger partial charge in [-0.25, -0.2) is 9.97 Å². The molecule has 132 valence electrons. The zero-order valence-electron chi connectivity index (χ0n) is 15.2. The Bertz CT molecular complexity index is 892. The van der Waals surface area contributed by atoms with Gasteiger partial charge in [0.25, 0.3) is 5.91 Å². The number of carbonyl (C=O) groups excluding carboxylic acids is 1. The number of hydrogen-bond acceptors (Lipinski definition) is 4. The van der Waals surface area contributed by atoms with E-state index in [2.05, 4.69) is 33.6 Å². The first kappa shape index (κ1) is 17.6. The second-order valence-corrected chi connectivity index (χ2v) is 6.34. The number of carbonyl (C=O) groups is 1. The largest absolute Gasteiger partial charge is 0.344 e. The normalized spacial score (nSPS) is 11.7. The summed E-state index contributed by atoms with van der Waals surface area (Å²) in [6.45, 7) is 6.03. The molecule has 0 aliphatic rings. The number of hydrogen-bond donors (Lipinski definition) is 2. The molecule has 0 fully saturated rings. The smallest absolute Gasteiger partial charge is 0.271 e. The minimum atomic E-state index is -0.244. The first-order valence-corrected chi connectivity index (χ1v) is 8.55. The fourth-order valence-electron chi connectivity index (χ4n) is 2.70. The molecular formula is C21H22N4O. The Kier molecular flexibility index (Phi) is 5.27. The van der Waals surface area contributed by atoms with E-state index in [1.54, 1.807) is 6.20 Å². The maximum atomic E-state index is 12.4. The molecule has 0 bridgehead atoms. The van der Waals surface area contributed by atoms with Gasteiger partial charge in [-0.3, -0.25) is 4.79 Å². The van der Waals surface area contributed by atoms with Crippen molar-refractivity contribution >= 4 is 17.4 Å². The average Bonchev–Trinajstić information content (AvgIpc) is 2.65. The molecule has 1 aromatic heterocycles. The van der Waals surface area contributed by atoms with E-state index < -0.39 is 0 Å². The van der Waals surface area contributed by atoms with Crippen LogP contribution < -0.4 is 10.6 Å². The third-order valence-electron chi connectivity index (χ3n) is 4.18. The van der Waals surface area contributed by atoms with Gasteiger partial charge in [-0.05, 0) is 38.0 Å². The van der Waals surface area contributed by atoms with Gasteiger partial charge in [0.2, 0.25) is 0 Å². The molecule has 26 heavy (non-hydrogen) atoms. The van der Waals surface area contributed by atoms with E-state index in [1.807, 2.05) is 56.3 Å². The number of rotatable bonds is 5. The van der Waals surface area contributed by atoms with E-state index in [1.165, 1.54) is 11.8 Å². The minimum Gasteiger partial charge on any atom is -0.344 e. The predicted molar refractivity (Wildman–Crippen MR) is 104 cm³/mol.